The number of rotatable bonds is 2. The predicted octanol–water partition coefficient (Wildman–Crippen LogP) is -0.496. The van der Waals surface area contributed by atoms with Crippen LogP contribution in [0.1, 0.15) is 13.3 Å². The first-order valence-electron chi connectivity index (χ1n) is 4.61. The first kappa shape index (κ1) is 11.2. The van der Waals surface area contributed by atoms with Gasteiger partial charge in [-0.15, -0.1) is 11.8 Å². The summed E-state index contributed by atoms with van der Waals surface area (Å²) in [5.41, 5.74) is 5.60. The Balaban J connectivity index is 2.43. The highest BCUT2D eigenvalue weighted by Crippen LogP contribution is 2.44. The van der Waals surface area contributed by atoms with E-state index in [4.69, 9.17) is 10.8 Å². The molecule has 2 rings (SSSR count). The molecule has 1 amide bonds. The molecule has 0 saturated carbocycles. The Kier molecular flexibility index (Phi) is 2.32. The summed E-state index contributed by atoms with van der Waals surface area (Å²) in [6, 6.07) is 0. The summed E-state index contributed by atoms with van der Waals surface area (Å²) in [4.78, 5) is 33.4. The van der Waals surface area contributed by atoms with Gasteiger partial charge in [0, 0.05) is 0 Å². The van der Waals surface area contributed by atoms with Crippen molar-refractivity contribution in [2.24, 2.45) is 5.73 Å². The first-order valence-corrected chi connectivity index (χ1v) is 5.49. The number of thioether (sulfide) groups is 1. The fourth-order valence-corrected chi connectivity index (χ4v) is 3.01. The second-order valence-electron chi connectivity index (χ2n) is 3.72. The lowest BCUT2D eigenvalue weighted by Crippen LogP contribution is -2.59. The van der Waals surface area contributed by atoms with Crippen molar-refractivity contribution in [3.63, 3.8) is 0 Å². The van der Waals surface area contributed by atoms with Gasteiger partial charge in [-0.1, -0.05) is 0 Å². The molecule has 0 aromatic heterocycles. The Morgan fingerprint density at radius 1 is 1.69 bits per heavy atom. The molecule has 0 bridgehead atoms. The van der Waals surface area contributed by atoms with E-state index in [0.29, 0.717) is 0 Å². The lowest BCUT2D eigenvalue weighted by molar-refractivity contribution is -0.146. The Bertz CT molecular complexity index is 433. The Morgan fingerprint density at radius 2 is 2.31 bits per heavy atom. The number of carboxylic acids is 1. The zero-order valence-corrected chi connectivity index (χ0v) is 9.28. The molecule has 2 atom stereocenters. The van der Waals surface area contributed by atoms with E-state index in [2.05, 4.69) is 0 Å². The predicted molar refractivity (Wildman–Crippen MR) is 56.2 cm³/mol. The number of carboxylic acid groups (broad SMARTS) is 1. The third kappa shape index (κ3) is 1.43. The van der Waals surface area contributed by atoms with Crippen LogP contribution < -0.4 is 5.73 Å². The van der Waals surface area contributed by atoms with Gasteiger partial charge in [0.1, 0.15) is 10.6 Å². The van der Waals surface area contributed by atoms with Gasteiger partial charge in [-0.2, -0.15) is 0 Å². The number of β-lactam (4-membered cyclic amide) rings is 1. The van der Waals surface area contributed by atoms with Crippen LogP contribution in [0.3, 0.4) is 0 Å². The summed E-state index contributed by atoms with van der Waals surface area (Å²) >= 11 is 1.11. The zero-order valence-electron chi connectivity index (χ0n) is 8.47. The standard InChI is InChI=1S/C9H10N2O4S/c1-4(12)9(10)3-5(8(14)15)11-6(13)2-7(11)16-9/h3,7H,2,10H2,1H3,(H,14,15)/t7-,9?/m1/s1. The number of amides is 1. The highest BCUT2D eigenvalue weighted by molar-refractivity contribution is 8.02. The summed E-state index contributed by atoms with van der Waals surface area (Å²) in [6.07, 6.45) is 1.37. The molecule has 2 heterocycles. The average molecular weight is 242 g/mol. The average Bonchev–Trinajstić information content (AvgIpc) is 2.15. The number of ketones is 1. The lowest BCUT2D eigenvalue weighted by Gasteiger charge is -2.46. The quantitative estimate of drug-likeness (QED) is 0.633. The van der Waals surface area contributed by atoms with Crippen LogP contribution in [0.15, 0.2) is 11.8 Å². The van der Waals surface area contributed by atoms with Crippen molar-refractivity contribution in [1.82, 2.24) is 4.90 Å². The number of hydrogen-bond donors (Lipinski definition) is 2. The number of hydrogen-bond acceptors (Lipinski definition) is 5. The first-order chi connectivity index (χ1) is 7.35. The van der Waals surface area contributed by atoms with E-state index in [9.17, 15) is 14.4 Å². The summed E-state index contributed by atoms with van der Waals surface area (Å²) in [6.45, 7) is 1.30. The van der Waals surface area contributed by atoms with E-state index in [0.717, 1.165) is 17.8 Å². The minimum Gasteiger partial charge on any atom is -0.477 e. The largest absolute Gasteiger partial charge is 0.477 e. The van der Waals surface area contributed by atoms with Crippen molar-refractivity contribution in [3.05, 3.63) is 11.8 Å². The molecule has 0 aromatic rings. The van der Waals surface area contributed by atoms with E-state index < -0.39 is 10.8 Å². The lowest BCUT2D eigenvalue weighted by atomic mass is 10.1. The van der Waals surface area contributed by atoms with E-state index in [1.54, 1.807) is 0 Å². The minimum atomic E-state index is -1.34. The molecule has 1 saturated heterocycles. The molecule has 0 aliphatic carbocycles. The van der Waals surface area contributed by atoms with Gasteiger partial charge in [0.05, 0.1) is 11.8 Å². The fourth-order valence-electron chi connectivity index (χ4n) is 1.65. The normalized spacial score (nSPS) is 32.6. The van der Waals surface area contributed by atoms with Crippen molar-refractivity contribution in [3.8, 4) is 0 Å². The van der Waals surface area contributed by atoms with Gasteiger partial charge in [0.15, 0.2) is 5.78 Å². The Morgan fingerprint density at radius 3 is 2.75 bits per heavy atom. The van der Waals surface area contributed by atoms with Crippen molar-refractivity contribution in [1.29, 1.82) is 0 Å². The van der Waals surface area contributed by atoms with Crippen molar-refractivity contribution in [2.75, 3.05) is 0 Å². The van der Waals surface area contributed by atoms with E-state index >= 15 is 0 Å². The molecule has 0 radical (unpaired) electrons. The molecule has 3 N–H and O–H groups in total. The van der Waals surface area contributed by atoms with E-state index in [1.807, 2.05) is 0 Å². The number of carbonyl (C=O) groups excluding carboxylic acids is 2. The molecule has 1 unspecified atom stereocenters. The molecule has 86 valence electrons. The molecule has 0 aromatic carbocycles. The van der Waals surface area contributed by atoms with Crippen LogP contribution in [-0.4, -0.2) is 37.9 Å². The molecule has 0 spiro atoms. The van der Waals surface area contributed by atoms with Crippen molar-refractivity contribution >= 4 is 29.4 Å². The smallest absolute Gasteiger partial charge is 0.352 e. The van der Waals surface area contributed by atoms with Crippen molar-refractivity contribution < 1.29 is 19.5 Å². The van der Waals surface area contributed by atoms with Gasteiger partial charge >= 0.3 is 5.97 Å². The van der Waals surface area contributed by atoms with E-state index in [1.165, 1.54) is 11.8 Å². The van der Waals surface area contributed by atoms with Gasteiger partial charge in [0.25, 0.3) is 0 Å². The molecule has 2 aliphatic rings. The SMILES string of the molecule is CC(=O)C1(N)C=C(C(=O)O)N2C(=O)C[C@H]2S1. The molecule has 2 aliphatic heterocycles. The van der Waals surface area contributed by atoms with Crippen LogP contribution in [0.2, 0.25) is 0 Å². The second-order valence-corrected chi connectivity index (χ2v) is 5.18. The van der Waals surface area contributed by atoms with Crippen molar-refractivity contribution in [2.45, 2.75) is 23.6 Å². The third-order valence-corrected chi connectivity index (χ3v) is 4.06. The zero-order chi connectivity index (χ0) is 12.1. The van der Waals surface area contributed by atoms with Crippen LogP contribution in [0.4, 0.5) is 0 Å². The number of Topliss-reactive ketones (excluding diaryl/α,β-unsaturated/α-hetero) is 1. The molecule has 16 heavy (non-hydrogen) atoms. The second kappa shape index (κ2) is 3.33. The van der Waals surface area contributed by atoms with Gasteiger partial charge in [-0.3, -0.25) is 14.5 Å². The maximum atomic E-state index is 11.4. The van der Waals surface area contributed by atoms with Crippen LogP contribution in [0.5, 0.6) is 0 Å². The summed E-state index contributed by atoms with van der Waals surface area (Å²) in [5, 5.41) is 8.62. The van der Waals surface area contributed by atoms with Crippen LogP contribution in [-0.2, 0) is 14.4 Å². The highest BCUT2D eigenvalue weighted by atomic mass is 32.2. The Hall–Kier alpha value is -1.34. The molecule has 7 heteroatoms. The van der Waals surface area contributed by atoms with Crippen LogP contribution in [0.25, 0.3) is 0 Å². The minimum absolute atomic E-state index is 0.197. The van der Waals surface area contributed by atoms with Gasteiger partial charge in [0.2, 0.25) is 5.91 Å². The number of carbonyl (C=O) groups is 3. The number of fused-ring (bicyclic) bond motifs is 1. The summed E-state index contributed by atoms with van der Waals surface area (Å²) < 4.78 is 0. The number of aliphatic carboxylic acids is 1. The Labute approximate surface area is 95.5 Å². The maximum Gasteiger partial charge on any atom is 0.352 e. The van der Waals surface area contributed by atoms with E-state index in [-0.39, 0.29) is 29.2 Å². The topological polar surface area (TPSA) is 101 Å². The number of nitrogens with two attached hydrogens (primary N) is 1. The maximum absolute atomic E-state index is 11.4. The van der Waals surface area contributed by atoms with Gasteiger partial charge in [-0.05, 0) is 13.0 Å². The monoisotopic (exact) mass is 242 g/mol. The van der Waals surface area contributed by atoms with Gasteiger partial charge in [-0.25, -0.2) is 4.79 Å². The van der Waals surface area contributed by atoms with Crippen LogP contribution >= 0.6 is 11.8 Å². The van der Waals surface area contributed by atoms with Gasteiger partial charge < -0.3 is 10.8 Å². The summed E-state index contributed by atoms with van der Waals surface area (Å²) in [5.74, 6) is -1.82. The fraction of sp³-hybridized carbons (Fsp3) is 0.444. The summed E-state index contributed by atoms with van der Waals surface area (Å²) in [7, 11) is 0. The number of nitrogens with zero attached hydrogens (tertiary/aromatic N) is 1. The molecular formula is C9H10N2O4S. The molecular weight excluding hydrogens is 232 g/mol. The highest BCUT2D eigenvalue weighted by Gasteiger charge is 2.50. The third-order valence-electron chi connectivity index (χ3n) is 2.62. The van der Waals surface area contributed by atoms with Crippen LogP contribution in [0, 0.1) is 0 Å². The molecule has 6 nitrogen and oxygen atoms in total. The molecule has 1 fully saturated rings.